The predicted molar refractivity (Wildman–Crippen MR) is 86.9 cm³/mol. The molecule has 1 heterocycles. The molecule has 2 N–H and O–H groups in total. The molecule has 1 fully saturated rings. The highest BCUT2D eigenvalue weighted by molar-refractivity contribution is 5.95. The monoisotopic (exact) mass is 297 g/mol. The van der Waals surface area contributed by atoms with Gasteiger partial charge in [0.15, 0.2) is 0 Å². The van der Waals surface area contributed by atoms with E-state index in [0.29, 0.717) is 12.1 Å². The molecule has 0 unspecified atom stereocenters. The summed E-state index contributed by atoms with van der Waals surface area (Å²) in [5.74, 6) is -0.0144. The van der Waals surface area contributed by atoms with Crippen molar-refractivity contribution in [3.8, 4) is 0 Å². The van der Waals surface area contributed by atoms with E-state index < -0.39 is 0 Å². The van der Waals surface area contributed by atoms with E-state index in [-0.39, 0.29) is 11.3 Å². The average molecular weight is 297 g/mol. The molecule has 3 rings (SSSR count). The molecule has 1 aliphatic rings. The van der Waals surface area contributed by atoms with Crippen LogP contribution in [0.2, 0.25) is 0 Å². The number of aromatic amines is 1. The Hall–Kier alpha value is -2.10. The highest BCUT2D eigenvalue weighted by atomic mass is 16.1. The van der Waals surface area contributed by atoms with Crippen molar-refractivity contribution < 1.29 is 4.79 Å². The van der Waals surface area contributed by atoms with Crippen LogP contribution in [0.1, 0.15) is 54.2 Å². The summed E-state index contributed by atoms with van der Waals surface area (Å²) in [5.41, 5.74) is 3.07. The maximum Gasteiger partial charge on any atom is 0.254 e. The van der Waals surface area contributed by atoms with Gasteiger partial charge in [-0.25, -0.2) is 0 Å². The number of benzene rings is 1. The number of nitrogens with zero attached hydrogens (tertiary/aromatic N) is 1. The Morgan fingerprint density at radius 1 is 1.32 bits per heavy atom. The second kappa shape index (κ2) is 6.34. The number of hydrogen-bond acceptors (Lipinski definition) is 2. The van der Waals surface area contributed by atoms with Crippen LogP contribution in [0.4, 0.5) is 0 Å². The number of carbonyl (C=O) groups excluding carboxylic acids is 1. The molecular weight excluding hydrogens is 274 g/mol. The van der Waals surface area contributed by atoms with Crippen LogP contribution >= 0.6 is 0 Å². The number of aromatic nitrogens is 2. The zero-order valence-electron chi connectivity index (χ0n) is 13.1. The molecule has 1 saturated carbocycles. The van der Waals surface area contributed by atoms with Crippen LogP contribution in [0, 0.1) is 0 Å². The standard InChI is InChI=1S/C18H23N3O/c1-2-7-16-15(12-20-21-16)17(22)19-13-18(10-6-11-18)14-8-4-3-5-9-14/h3-5,8-9,12H,2,6-7,10-11,13H2,1H3,(H,19,22)(H,20,21). The molecule has 0 atom stereocenters. The number of amides is 1. The zero-order valence-corrected chi connectivity index (χ0v) is 13.1. The second-order valence-electron chi connectivity index (χ2n) is 6.19. The normalized spacial score (nSPS) is 16.0. The third-order valence-electron chi connectivity index (χ3n) is 4.75. The number of rotatable bonds is 6. The van der Waals surface area contributed by atoms with Gasteiger partial charge in [0.2, 0.25) is 0 Å². The lowest BCUT2D eigenvalue weighted by Crippen LogP contribution is -2.45. The van der Waals surface area contributed by atoms with Crippen molar-refractivity contribution in [2.24, 2.45) is 0 Å². The first-order chi connectivity index (χ1) is 10.7. The Morgan fingerprint density at radius 3 is 2.73 bits per heavy atom. The maximum absolute atomic E-state index is 12.4. The summed E-state index contributed by atoms with van der Waals surface area (Å²) in [6.07, 6.45) is 7.01. The van der Waals surface area contributed by atoms with Crippen LogP contribution in [0.5, 0.6) is 0 Å². The Bertz CT molecular complexity index is 629. The minimum atomic E-state index is -0.0144. The molecule has 1 aromatic carbocycles. The molecule has 0 bridgehead atoms. The highest BCUT2D eigenvalue weighted by Crippen LogP contribution is 2.43. The summed E-state index contributed by atoms with van der Waals surface area (Å²) in [6.45, 7) is 2.80. The molecule has 4 heteroatoms. The largest absolute Gasteiger partial charge is 0.351 e. The molecule has 4 nitrogen and oxygen atoms in total. The quantitative estimate of drug-likeness (QED) is 0.860. The van der Waals surface area contributed by atoms with Crippen LogP contribution in [0.15, 0.2) is 36.5 Å². The Labute approximate surface area is 131 Å². The molecule has 0 radical (unpaired) electrons. The zero-order chi connectivity index (χ0) is 15.4. The molecule has 2 aromatic rings. The average Bonchev–Trinajstić information content (AvgIpc) is 2.96. The van der Waals surface area contributed by atoms with Gasteiger partial charge in [-0.05, 0) is 24.8 Å². The Kier molecular flexibility index (Phi) is 4.27. The van der Waals surface area contributed by atoms with Crippen molar-refractivity contribution in [1.29, 1.82) is 0 Å². The van der Waals surface area contributed by atoms with Crippen molar-refractivity contribution in [1.82, 2.24) is 15.5 Å². The summed E-state index contributed by atoms with van der Waals surface area (Å²) >= 11 is 0. The predicted octanol–water partition coefficient (Wildman–Crippen LogP) is 3.21. The minimum absolute atomic E-state index is 0.0144. The van der Waals surface area contributed by atoms with E-state index in [1.165, 1.54) is 12.0 Å². The van der Waals surface area contributed by atoms with Gasteiger partial charge >= 0.3 is 0 Å². The van der Waals surface area contributed by atoms with E-state index in [9.17, 15) is 4.79 Å². The van der Waals surface area contributed by atoms with Crippen LogP contribution in [0.3, 0.4) is 0 Å². The van der Waals surface area contributed by atoms with Gasteiger partial charge in [-0.3, -0.25) is 9.89 Å². The fourth-order valence-corrected chi connectivity index (χ4v) is 3.26. The van der Waals surface area contributed by atoms with Crippen molar-refractivity contribution >= 4 is 5.91 Å². The third-order valence-corrected chi connectivity index (χ3v) is 4.75. The fraction of sp³-hybridized carbons (Fsp3) is 0.444. The number of aryl methyl sites for hydroxylation is 1. The van der Waals surface area contributed by atoms with Crippen LogP contribution < -0.4 is 5.32 Å². The molecule has 0 spiro atoms. The van der Waals surface area contributed by atoms with E-state index in [1.807, 2.05) is 6.07 Å². The van der Waals surface area contributed by atoms with Gasteiger partial charge in [-0.2, -0.15) is 5.10 Å². The lowest BCUT2D eigenvalue weighted by atomic mass is 9.64. The lowest BCUT2D eigenvalue weighted by molar-refractivity contribution is 0.0927. The molecule has 0 aliphatic heterocycles. The third kappa shape index (κ3) is 2.78. The van der Waals surface area contributed by atoms with Crippen LogP contribution in [-0.4, -0.2) is 22.6 Å². The number of nitrogens with one attached hydrogen (secondary N) is 2. The first kappa shape index (κ1) is 14.8. The summed E-state index contributed by atoms with van der Waals surface area (Å²) in [5, 5.41) is 10.1. The van der Waals surface area contributed by atoms with E-state index >= 15 is 0 Å². The summed E-state index contributed by atoms with van der Waals surface area (Å²) in [4.78, 5) is 12.4. The van der Waals surface area contributed by atoms with E-state index in [1.54, 1.807) is 6.20 Å². The number of carbonyl (C=O) groups is 1. The van der Waals surface area contributed by atoms with Gasteiger partial charge < -0.3 is 5.32 Å². The number of hydrogen-bond donors (Lipinski definition) is 2. The summed E-state index contributed by atoms with van der Waals surface area (Å²) in [7, 11) is 0. The molecule has 22 heavy (non-hydrogen) atoms. The van der Waals surface area contributed by atoms with Crippen molar-refractivity contribution in [2.75, 3.05) is 6.54 Å². The van der Waals surface area contributed by atoms with Crippen molar-refractivity contribution in [2.45, 2.75) is 44.4 Å². The van der Waals surface area contributed by atoms with E-state index in [4.69, 9.17) is 0 Å². The van der Waals surface area contributed by atoms with Crippen LogP contribution in [-0.2, 0) is 11.8 Å². The topological polar surface area (TPSA) is 57.8 Å². The molecule has 1 aliphatic carbocycles. The Balaban J connectivity index is 1.68. The SMILES string of the molecule is CCCc1[nH]ncc1C(=O)NCC1(c2ccccc2)CCC1. The minimum Gasteiger partial charge on any atom is -0.351 e. The lowest BCUT2D eigenvalue weighted by Gasteiger charge is -2.42. The van der Waals surface area contributed by atoms with Gasteiger partial charge in [0.25, 0.3) is 5.91 Å². The van der Waals surface area contributed by atoms with Crippen molar-refractivity contribution in [3.63, 3.8) is 0 Å². The molecule has 0 saturated heterocycles. The van der Waals surface area contributed by atoms with Gasteiger partial charge in [0.1, 0.15) is 0 Å². The van der Waals surface area contributed by atoms with Gasteiger partial charge in [0.05, 0.1) is 11.8 Å². The Morgan fingerprint density at radius 2 is 2.09 bits per heavy atom. The summed E-state index contributed by atoms with van der Waals surface area (Å²) in [6, 6.07) is 10.5. The smallest absolute Gasteiger partial charge is 0.254 e. The number of H-pyrrole nitrogens is 1. The van der Waals surface area contributed by atoms with Crippen molar-refractivity contribution in [3.05, 3.63) is 53.3 Å². The highest BCUT2D eigenvalue weighted by Gasteiger charge is 2.38. The fourth-order valence-electron chi connectivity index (χ4n) is 3.26. The van der Waals surface area contributed by atoms with Gasteiger partial charge in [-0.15, -0.1) is 0 Å². The molecule has 1 amide bonds. The van der Waals surface area contributed by atoms with Gasteiger partial charge in [-0.1, -0.05) is 50.1 Å². The molecular formula is C18H23N3O. The van der Waals surface area contributed by atoms with Gasteiger partial charge in [0, 0.05) is 17.7 Å². The van der Waals surface area contributed by atoms with E-state index in [2.05, 4.69) is 46.7 Å². The molecule has 1 aromatic heterocycles. The van der Waals surface area contributed by atoms with Crippen LogP contribution in [0.25, 0.3) is 0 Å². The first-order valence-electron chi connectivity index (χ1n) is 8.11. The first-order valence-corrected chi connectivity index (χ1v) is 8.11. The summed E-state index contributed by atoms with van der Waals surface area (Å²) < 4.78 is 0. The molecule has 116 valence electrons. The maximum atomic E-state index is 12.4. The van der Waals surface area contributed by atoms with E-state index in [0.717, 1.165) is 31.4 Å². The second-order valence-corrected chi connectivity index (χ2v) is 6.19.